The first-order valence-corrected chi connectivity index (χ1v) is 7.60. The molecule has 0 heterocycles. The van der Waals surface area contributed by atoms with Gasteiger partial charge in [-0.05, 0) is 12.8 Å². The van der Waals surface area contributed by atoms with E-state index in [4.69, 9.17) is 5.11 Å². The van der Waals surface area contributed by atoms with Gasteiger partial charge in [-0.1, -0.05) is 6.92 Å². The standard InChI is InChI=1S/C10H20N2O5S/c1-7(4-9(13)14)5-11-10(15)12-8(2)6-18(3,16)17/h7-8H,4-6H2,1-3H3,(H,13,14)(H2,11,12,15). The largest absolute Gasteiger partial charge is 0.481 e. The van der Waals surface area contributed by atoms with E-state index in [1.165, 1.54) is 0 Å². The van der Waals surface area contributed by atoms with E-state index in [-0.39, 0.29) is 24.6 Å². The fourth-order valence-electron chi connectivity index (χ4n) is 1.41. The Hall–Kier alpha value is -1.31. The molecule has 8 heteroatoms. The van der Waals surface area contributed by atoms with E-state index in [0.29, 0.717) is 0 Å². The maximum atomic E-state index is 11.4. The van der Waals surface area contributed by atoms with E-state index in [1.54, 1.807) is 13.8 Å². The molecule has 0 aromatic carbocycles. The van der Waals surface area contributed by atoms with Gasteiger partial charge in [0.1, 0.15) is 9.84 Å². The lowest BCUT2D eigenvalue weighted by atomic mass is 10.1. The zero-order valence-electron chi connectivity index (χ0n) is 10.8. The van der Waals surface area contributed by atoms with Gasteiger partial charge >= 0.3 is 12.0 Å². The Morgan fingerprint density at radius 2 is 1.83 bits per heavy atom. The molecule has 7 nitrogen and oxygen atoms in total. The maximum absolute atomic E-state index is 11.4. The van der Waals surface area contributed by atoms with Crippen molar-refractivity contribution in [3.8, 4) is 0 Å². The molecule has 0 aromatic heterocycles. The predicted octanol–water partition coefficient (Wildman–Crippen LogP) is -0.170. The van der Waals surface area contributed by atoms with Crippen molar-refractivity contribution in [3.63, 3.8) is 0 Å². The van der Waals surface area contributed by atoms with Crippen molar-refractivity contribution in [2.24, 2.45) is 5.92 Å². The first-order chi connectivity index (χ1) is 8.10. The summed E-state index contributed by atoms with van der Waals surface area (Å²) in [5.41, 5.74) is 0. The monoisotopic (exact) mass is 280 g/mol. The number of nitrogens with one attached hydrogen (secondary N) is 2. The van der Waals surface area contributed by atoms with Gasteiger partial charge in [0.15, 0.2) is 0 Å². The lowest BCUT2D eigenvalue weighted by molar-refractivity contribution is -0.137. The van der Waals surface area contributed by atoms with Gasteiger partial charge in [-0.2, -0.15) is 0 Å². The molecule has 2 amide bonds. The van der Waals surface area contributed by atoms with Gasteiger partial charge in [-0.25, -0.2) is 13.2 Å². The third-order valence-electron chi connectivity index (χ3n) is 2.06. The SMILES string of the molecule is CC(CNC(=O)NC(C)CS(C)(=O)=O)CC(=O)O. The Morgan fingerprint density at radius 3 is 2.28 bits per heavy atom. The van der Waals surface area contributed by atoms with Crippen LogP contribution in [0.3, 0.4) is 0 Å². The average Bonchev–Trinajstić information content (AvgIpc) is 2.10. The van der Waals surface area contributed by atoms with Crippen LogP contribution in [0.5, 0.6) is 0 Å². The van der Waals surface area contributed by atoms with E-state index in [1.807, 2.05) is 0 Å². The summed E-state index contributed by atoms with van der Waals surface area (Å²) in [5.74, 6) is -1.24. The minimum Gasteiger partial charge on any atom is -0.481 e. The number of carbonyl (C=O) groups is 2. The highest BCUT2D eigenvalue weighted by atomic mass is 32.2. The highest BCUT2D eigenvalue weighted by Gasteiger charge is 2.14. The minimum atomic E-state index is -3.14. The number of amides is 2. The molecule has 0 rings (SSSR count). The number of rotatable bonds is 7. The Morgan fingerprint density at radius 1 is 1.28 bits per heavy atom. The molecule has 18 heavy (non-hydrogen) atoms. The first-order valence-electron chi connectivity index (χ1n) is 5.54. The topological polar surface area (TPSA) is 113 Å². The molecular formula is C10H20N2O5S. The molecule has 3 N–H and O–H groups in total. The van der Waals surface area contributed by atoms with Crippen molar-refractivity contribution in [2.45, 2.75) is 26.3 Å². The molecular weight excluding hydrogens is 260 g/mol. The Labute approximate surface area is 107 Å². The molecule has 0 radical (unpaired) electrons. The van der Waals surface area contributed by atoms with Crippen molar-refractivity contribution < 1.29 is 23.1 Å². The summed E-state index contributed by atoms with van der Waals surface area (Å²) in [4.78, 5) is 21.8. The number of carbonyl (C=O) groups excluding carboxylic acids is 1. The van der Waals surface area contributed by atoms with Crippen LogP contribution in [0.2, 0.25) is 0 Å². The Bertz CT molecular complexity index is 393. The lowest BCUT2D eigenvalue weighted by Crippen LogP contribution is -2.44. The van der Waals surface area contributed by atoms with Gasteiger partial charge in [0.2, 0.25) is 0 Å². The quantitative estimate of drug-likeness (QED) is 0.599. The third-order valence-corrected chi connectivity index (χ3v) is 3.17. The summed E-state index contributed by atoms with van der Waals surface area (Å²) in [6, 6.07) is -0.988. The molecule has 0 fully saturated rings. The van der Waals surface area contributed by atoms with Gasteiger partial charge in [0.05, 0.1) is 5.75 Å². The van der Waals surface area contributed by atoms with Crippen molar-refractivity contribution in [1.29, 1.82) is 0 Å². The Balaban J connectivity index is 3.94. The second-order valence-corrected chi connectivity index (χ2v) is 6.74. The van der Waals surface area contributed by atoms with Crippen LogP contribution >= 0.6 is 0 Å². The zero-order valence-corrected chi connectivity index (χ0v) is 11.6. The van der Waals surface area contributed by atoms with Gasteiger partial charge in [0.25, 0.3) is 0 Å². The second kappa shape index (κ2) is 7.20. The highest BCUT2D eigenvalue weighted by molar-refractivity contribution is 7.90. The lowest BCUT2D eigenvalue weighted by Gasteiger charge is -2.15. The van der Waals surface area contributed by atoms with Crippen LogP contribution in [0.1, 0.15) is 20.3 Å². The van der Waals surface area contributed by atoms with E-state index < -0.39 is 27.9 Å². The third kappa shape index (κ3) is 9.88. The minimum absolute atomic E-state index is 0.0286. The summed E-state index contributed by atoms with van der Waals surface area (Å²) < 4.78 is 21.9. The van der Waals surface area contributed by atoms with Crippen LogP contribution in [-0.2, 0) is 14.6 Å². The molecule has 0 aliphatic rings. The smallest absolute Gasteiger partial charge is 0.315 e. The molecule has 0 spiro atoms. The fourth-order valence-corrected chi connectivity index (χ4v) is 2.40. The zero-order chi connectivity index (χ0) is 14.3. The summed E-state index contributed by atoms with van der Waals surface area (Å²) >= 11 is 0. The number of sulfone groups is 1. The van der Waals surface area contributed by atoms with Crippen LogP contribution in [0, 0.1) is 5.92 Å². The van der Waals surface area contributed by atoms with E-state index in [2.05, 4.69) is 10.6 Å². The van der Waals surface area contributed by atoms with Crippen LogP contribution < -0.4 is 10.6 Å². The van der Waals surface area contributed by atoms with E-state index in [9.17, 15) is 18.0 Å². The molecule has 0 bridgehead atoms. The van der Waals surface area contributed by atoms with Crippen molar-refractivity contribution in [2.75, 3.05) is 18.6 Å². The molecule has 0 aliphatic heterocycles. The fraction of sp³-hybridized carbons (Fsp3) is 0.800. The number of urea groups is 1. The summed E-state index contributed by atoms with van der Waals surface area (Å²) in [6.07, 6.45) is 1.07. The Kier molecular flexibility index (Phi) is 6.67. The highest BCUT2D eigenvalue weighted by Crippen LogP contribution is 1.99. The summed E-state index contributed by atoms with van der Waals surface area (Å²) in [7, 11) is -3.14. The van der Waals surface area contributed by atoms with E-state index >= 15 is 0 Å². The number of carboxylic acids is 1. The maximum Gasteiger partial charge on any atom is 0.315 e. The van der Waals surface area contributed by atoms with Gasteiger partial charge in [0, 0.05) is 25.3 Å². The molecule has 0 saturated heterocycles. The van der Waals surface area contributed by atoms with Gasteiger partial charge in [-0.15, -0.1) is 0 Å². The average molecular weight is 280 g/mol. The molecule has 0 saturated carbocycles. The summed E-state index contributed by atoms with van der Waals surface area (Å²) in [5, 5.41) is 13.5. The molecule has 2 atom stereocenters. The normalized spacial score (nSPS) is 14.6. The first kappa shape index (κ1) is 16.7. The molecule has 0 aromatic rings. The van der Waals surface area contributed by atoms with Gasteiger partial charge in [-0.3, -0.25) is 4.79 Å². The van der Waals surface area contributed by atoms with Crippen LogP contribution in [0.25, 0.3) is 0 Å². The molecule has 2 unspecified atom stereocenters. The van der Waals surface area contributed by atoms with E-state index in [0.717, 1.165) is 6.26 Å². The van der Waals surface area contributed by atoms with Crippen LogP contribution in [0.4, 0.5) is 4.79 Å². The number of aliphatic carboxylic acids is 1. The van der Waals surface area contributed by atoms with Crippen molar-refractivity contribution in [3.05, 3.63) is 0 Å². The van der Waals surface area contributed by atoms with Crippen molar-refractivity contribution in [1.82, 2.24) is 10.6 Å². The van der Waals surface area contributed by atoms with Crippen LogP contribution in [0.15, 0.2) is 0 Å². The molecule has 0 aliphatic carbocycles. The summed E-state index contributed by atoms with van der Waals surface area (Å²) in [6.45, 7) is 3.51. The number of hydrogen-bond acceptors (Lipinski definition) is 4. The van der Waals surface area contributed by atoms with Crippen molar-refractivity contribution >= 4 is 21.8 Å². The van der Waals surface area contributed by atoms with Crippen LogP contribution in [-0.4, -0.2) is 50.1 Å². The molecule has 106 valence electrons. The number of hydrogen-bond donors (Lipinski definition) is 3. The van der Waals surface area contributed by atoms with Gasteiger partial charge < -0.3 is 15.7 Å². The predicted molar refractivity (Wildman–Crippen MR) is 67.1 cm³/mol. The second-order valence-electron chi connectivity index (χ2n) is 4.55. The number of carboxylic acid groups (broad SMARTS) is 1.